The highest BCUT2D eigenvalue weighted by atomic mass is 32.2. The molecule has 1 N–H and O–H groups in total. The van der Waals surface area contributed by atoms with Gasteiger partial charge >= 0.3 is 0 Å². The number of nitrogens with zero attached hydrogens (tertiary/aromatic N) is 1. The first-order chi connectivity index (χ1) is 11.2. The predicted molar refractivity (Wildman–Crippen MR) is 93.7 cm³/mol. The Morgan fingerprint density at radius 1 is 0.958 bits per heavy atom. The largest absolute Gasteiger partial charge is 0.243 e. The van der Waals surface area contributed by atoms with E-state index < -0.39 is 20.0 Å². The zero-order chi connectivity index (χ0) is 17.8. The molecule has 0 saturated carbocycles. The van der Waals surface area contributed by atoms with Crippen LogP contribution in [0.2, 0.25) is 0 Å². The summed E-state index contributed by atoms with van der Waals surface area (Å²) in [5, 5.41) is 0. The van der Waals surface area contributed by atoms with E-state index in [1.807, 2.05) is 13.8 Å². The fourth-order valence-corrected chi connectivity index (χ4v) is 5.18. The van der Waals surface area contributed by atoms with Gasteiger partial charge in [-0.1, -0.05) is 20.3 Å². The molecule has 0 radical (unpaired) electrons. The van der Waals surface area contributed by atoms with Crippen molar-refractivity contribution in [1.82, 2.24) is 9.03 Å². The molecular formula is C16H26N2O4S2. The lowest BCUT2D eigenvalue weighted by Crippen LogP contribution is -2.35. The lowest BCUT2D eigenvalue weighted by molar-refractivity contribution is 0.346. The van der Waals surface area contributed by atoms with Gasteiger partial charge in [-0.05, 0) is 49.4 Å². The van der Waals surface area contributed by atoms with Crippen molar-refractivity contribution in [2.24, 2.45) is 5.92 Å². The summed E-state index contributed by atoms with van der Waals surface area (Å²) in [6.45, 7) is 5.47. The average molecular weight is 375 g/mol. The summed E-state index contributed by atoms with van der Waals surface area (Å²) in [7, 11) is -7.14. The molecular weight excluding hydrogens is 348 g/mol. The van der Waals surface area contributed by atoms with Crippen LogP contribution < -0.4 is 4.72 Å². The van der Waals surface area contributed by atoms with Crippen LogP contribution in [0.3, 0.4) is 0 Å². The van der Waals surface area contributed by atoms with E-state index in [-0.39, 0.29) is 9.79 Å². The average Bonchev–Trinajstić information content (AvgIpc) is 2.55. The van der Waals surface area contributed by atoms with Crippen LogP contribution in [0.5, 0.6) is 0 Å². The highest BCUT2D eigenvalue weighted by Crippen LogP contribution is 2.22. The van der Waals surface area contributed by atoms with Crippen LogP contribution >= 0.6 is 0 Å². The minimum atomic E-state index is -3.60. The van der Waals surface area contributed by atoms with Crippen LogP contribution in [0.4, 0.5) is 0 Å². The van der Waals surface area contributed by atoms with Gasteiger partial charge in [0.05, 0.1) is 9.79 Å². The lowest BCUT2D eigenvalue weighted by Gasteiger charge is -2.25. The molecule has 0 unspecified atom stereocenters. The van der Waals surface area contributed by atoms with Crippen LogP contribution in [-0.2, 0) is 20.0 Å². The van der Waals surface area contributed by atoms with Crippen LogP contribution in [0, 0.1) is 5.92 Å². The van der Waals surface area contributed by atoms with E-state index in [1.54, 1.807) is 0 Å². The molecule has 0 aliphatic carbocycles. The van der Waals surface area contributed by atoms with Gasteiger partial charge < -0.3 is 0 Å². The minimum Gasteiger partial charge on any atom is -0.211 e. The number of hydrogen-bond acceptors (Lipinski definition) is 4. The van der Waals surface area contributed by atoms with Crippen LogP contribution in [0.1, 0.15) is 39.5 Å². The summed E-state index contributed by atoms with van der Waals surface area (Å²) in [5.74, 6) is 0.407. The monoisotopic (exact) mass is 374 g/mol. The molecule has 0 amide bonds. The quantitative estimate of drug-likeness (QED) is 0.793. The second kappa shape index (κ2) is 7.95. The molecule has 1 aromatic carbocycles. The van der Waals surface area contributed by atoms with E-state index in [9.17, 15) is 16.8 Å². The van der Waals surface area contributed by atoms with E-state index in [1.165, 1.54) is 28.6 Å². The van der Waals surface area contributed by atoms with Crippen LogP contribution in [0.15, 0.2) is 34.1 Å². The summed E-state index contributed by atoms with van der Waals surface area (Å²) in [6.07, 6.45) is 3.53. The molecule has 1 saturated heterocycles. The third kappa shape index (κ3) is 4.78. The molecule has 2 rings (SSSR count). The van der Waals surface area contributed by atoms with Crippen molar-refractivity contribution >= 4 is 20.0 Å². The highest BCUT2D eigenvalue weighted by Gasteiger charge is 2.26. The minimum absolute atomic E-state index is 0.0869. The first-order valence-electron chi connectivity index (χ1n) is 8.33. The van der Waals surface area contributed by atoms with E-state index in [2.05, 4.69) is 4.72 Å². The van der Waals surface area contributed by atoms with E-state index in [0.717, 1.165) is 25.7 Å². The first kappa shape index (κ1) is 19.4. The first-order valence-corrected chi connectivity index (χ1v) is 11.3. The number of nitrogens with one attached hydrogen (secondary N) is 1. The Labute approximate surface area is 145 Å². The van der Waals surface area contributed by atoms with Crippen molar-refractivity contribution < 1.29 is 16.8 Å². The molecule has 136 valence electrons. The maximum atomic E-state index is 12.6. The number of sulfonamides is 2. The Morgan fingerprint density at radius 3 is 2.04 bits per heavy atom. The second-order valence-electron chi connectivity index (χ2n) is 6.52. The van der Waals surface area contributed by atoms with Gasteiger partial charge in [0, 0.05) is 19.6 Å². The van der Waals surface area contributed by atoms with Crippen molar-refractivity contribution in [2.75, 3.05) is 19.6 Å². The van der Waals surface area contributed by atoms with Crippen molar-refractivity contribution in [1.29, 1.82) is 0 Å². The molecule has 1 aliphatic rings. The van der Waals surface area contributed by atoms with Gasteiger partial charge in [0.25, 0.3) is 0 Å². The maximum Gasteiger partial charge on any atom is 0.243 e. The SMILES string of the molecule is CC(C)CCNS(=O)(=O)c1ccc(S(=O)(=O)N2CCCCC2)cc1. The number of benzene rings is 1. The van der Waals surface area contributed by atoms with Gasteiger partial charge in [0.2, 0.25) is 20.0 Å². The number of piperidine rings is 1. The highest BCUT2D eigenvalue weighted by molar-refractivity contribution is 7.89. The Balaban J connectivity index is 2.12. The van der Waals surface area contributed by atoms with Crippen molar-refractivity contribution in [3.63, 3.8) is 0 Å². The second-order valence-corrected chi connectivity index (χ2v) is 10.2. The summed E-state index contributed by atoms with van der Waals surface area (Å²) < 4.78 is 53.5. The van der Waals surface area contributed by atoms with Gasteiger partial charge in [0.15, 0.2) is 0 Å². The summed E-state index contributed by atoms with van der Waals surface area (Å²) in [5.41, 5.74) is 0. The third-order valence-electron chi connectivity index (χ3n) is 4.10. The lowest BCUT2D eigenvalue weighted by atomic mass is 10.1. The number of rotatable bonds is 7. The fraction of sp³-hybridized carbons (Fsp3) is 0.625. The van der Waals surface area contributed by atoms with E-state index in [4.69, 9.17) is 0 Å². The molecule has 0 bridgehead atoms. The summed E-state index contributed by atoms with van der Waals surface area (Å²) in [6, 6.07) is 5.46. The van der Waals surface area contributed by atoms with Crippen molar-refractivity contribution in [3.05, 3.63) is 24.3 Å². The van der Waals surface area contributed by atoms with Gasteiger partial charge in [-0.3, -0.25) is 0 Å². The molecule has 0 aromatic heterocycles. The van der Waals surface area contributed by atoms with Gasteiger partial charge in [0.1, 0.15) is 0 Å². The molecule has 1 fully saturated rings. The molecule has 0 spiro atoms. The molecule has 0 atom stereocenters. The third-order valence-corrected chi connectivity index (χ3v) is 7.49. The van der Waals surface area contributed by atoms with Gasteiger partial charge in [-0.25, -0.2) is 21.6 Å². The molecule has 24 heavy (non-hydrogen) atoms. The van der Waals surface area contributed by atoms with E-state index >= 15 is 0 Å². The topological polar surface area (TPSA) is 83.5 Å². The predicted octanol–water partition coefficient (Wildman–Crippen LogP) is 2.19. The molecule has 1 heterocycles. The maximum absolute atomic E-state index is 12.6. The Hall–Kier alpha value is -0.960. The van der Waals surface area contributed by atoms with Crippen LogP contribution in [0.25, 0.3) is 0 Å². The molecule has 6 nitrogen and oxygen atoms in total. The smallest absolute Gasteiger partial charge is 0.211 e. The zero-order valence-corrected chi connectivity index (χ0v) is 15.9. The van der Waals surface area contributed by atoms with Crippen molar-refractivity contribution in [2.45, 2.75) is 49.3 Å². The standard InChI is InChI=1S/C16H26N2O4S2/c1-14(2)10-11-17-23(19,20)15-6-8-16(9-7-15)24(21,22)18-12-4-3-5-13-18/h6-9,14,17H,3-5,10-13H2,1-2H3. The Bertz CT molecular complexity index is 735. The van der Waals surface area contributed by atoms with Gasteiger partial charge in [-0.2, -0.15) is 4.31 Å². The van der Waals surface area contributed by atoms with Gasteiger partial charge in [-0.15, -0.1) is 0 Å². The van der Waals surface area contributed by atoms with Crippen molar-refractivity contribution in [3.8, 4) is 0 Å². The summed E-state index contributed by atoms with van der Waals surface area (Å²) >= 11 is 0. The molecule has 1 aliphatic heterocycles. The van der Waals surface area contributed by atoms with Crippen LogP contribution in [-0.4, -0.2) is 40.8 Å². The Morgan fingerprint density at radius 2 is 1.50 bits per heavy atom. The fourth-order valence-electron chi connectivity index (χ4n) is 2.61. The molecule has 8 heteroatoms. The molecule has 1 aromatic rings. The number of hydrogen-bond donors (Lipinski definition) is 1. The van der Waals surface area contributed by atoms with E-state index in [0.29, 0.717) is 25.6 Å². The normalized spacial score (nSPS) is 17.3. The summed E-state index contributed by atoms with van der Waals surface area (Å²) in [4.78, 5) is 0.231. The zero-order valence-electron chi connectivity index (χ0n) is 14.2. The Kier molecular flexibility index (Phi) is 6.41.